The fourth-order valence-electron chi connectivity index (χ4n) is 7.11. The SMILES string of the molecule is Cc1c(C)c(C)c(CC2CC(CN=C=O)CCC2(CN=C=O)Cc2c(C)c(C)c(C)c(C)c2C)c(C)c1C. The molecule has 3 atom stereocenters. The Morgan fingerprint density at radius 1 is 0.658 bits per heavy atom. The first-order valence-corrected chi connectivity index (χ1v) is 14.1. The van der Waals surface area contributed by atoms with Gasteiger partial charge in [0.1, 0.15) is 0 Å². The average molecular weight is 515 g/mol. The second-order valence-electron chi connectivity index (χ2n) is 12.1. The predicted molar refractivity (Wildman–Crippen MR) is 157 cm³/mol. The Morgan fingerprint density at radius 2 is 1.11 bits per heavy atom. The van der Waals surface area contributed by atoms with Gasteiger partial charge in [0, 0.05) is 0 Å². The number of hydrogen-bond acceptors (Lipinski definition) is 4. The summed E-state index contributed by atoms with van der Waals surface area (Å²) in [5, 5.41) is 0. The second kappa shape index (κ2) is 11.9. The maximum atomic E-state index is 11.5. The lowest BCUT2D eigenvalue weighted by Gasteiger charge is -2.47. The Labute approximate surface area is 230 Å². The average Bonchev–Trinajstić information content (AvgIpc) is 2.92. The van der Waals surface area contributed by atoms with Gasteiger partial charge in [-0.15, -0.1) is 0 Å². The summed E-state index contributed by atoms with van der Waals surface area (Å²) in [4.78, 5) is 30.7. The van der Waals surface area contributed by atoms with E-state index in [9.17, 15) is 9.59 Å². The van der Waals surface area contributed by atoms with Crippen molar-refractivity contribution in [2.45, 2.75) is 101 Å². The van der Waals surface area contributed by atoms with Crippen LogP contribution < -0.4 is 0 Å². The van der Waals surface area contributed by atoms with Crippen molar-refractivity contribution in [2.24, 2.45) is 27.2 Å². The van der Waals surface area contributed by atoms with Crippen molar-refractivity contribution in [1.82, 2.24) is 0 Å². The van der Waals surface area contributed by atoms with E-state index >= 15 is 0 Å². The summed E-state index contributed by atoms with van der Waals surface area (Å²) in [5.41, 5.74) is 16.4. The Morgan fingerprint density at radius 3 is 1.58 bits per heavy atom. The molecule has 1 fully saturated rings. The summed E-state index contributed by atoms with van der Waals surface area (Å²) in [6.45, 7) is 23.4. The molecule has 1 aliphatic carbocycles. The highest BCUT2D eigenvalue weighted by Gasteiger charge is 2.44. The molecule has 0 heterocycles. The fraction of sp³-hybridized carbons (Fsp3) is 0.588. The smallest absolute Gasteiger partial charge is 0.211 e. The van der Waals surface area contributed by atoms with Gasteiger partial charge in [-0.1, -0.05) is 0 Å². The van der Waals surface area contributed by atoms with Crippen LogP contribution in [0.25, 0.3) is 0 Å². The number of hydrogen-bond donors (Lipinski definition) is 0. The van der Waals surface area contributed by atoms with Crippen molar-refractivity contribution < 1.29 is 9.59 Å². The highest BCUT2D eigenvalue weighted by atomic mass is 16.1. The molecule has 4 heteroatoms. The highest BCUT2D eigenvalue weighted by molar-refractivity contribution is 5.51. The lowest BCUT2D eigenvalue weighted by Crippen LogP contribution is -2.43. The summed E-state index contributed by atoms with van der Waals surface area (Å²) in [7, 11) is 0. The van der Waals surface area contributed by atoms with E-state index < -0.39 is 0 Å². The van der Waals surface area contributed by atoms with Crippen LogP contribution in [0.3, 0.4) is 0 Å². The van der Waals surface area contributed by atoms with Crippen LogP contribution in [0.4, 0.5) is 0 Å². The van der Waals surface area contributed by atoms with E-state index in [2.05, 4.69) is 79.2 Å². The molecule has 0 aromatic heterocycles. The van der Waals surface area contributed by atoms with Gasteiger partial charge in [-0.3, -0.25) is 0 Å². The number of benzene rings is 2. The normalized spacial score (nSPS) is 21.1. The van der Waals surface area contributed by atoms with Crippen LogP contribution in [0, 0.1) is 86.5 Å². The number of isocyanates is 2. The van der Waals surface area contributed by atoms with Gasteiger partial charge in [0.25, 0.3) is 0 Å². The van der Waals surface area contributed by atoms with E-state index in [-0.39, 0.29) is 5.41 Å². The lowest BCUT2D eigenvalue weighted by molar-refractivity contribution is 0.0716. The molecule has 1 aliphatic rings. The molecule has 2 aromatic carbocycles. The quantitative estimate of drug-likeness (QED) is 0.269. The monoisotopic (exact) mass is 514 g/mol. The molecular weight excluding hydrogens is 468 g/mol. The predicted octanol–water partition coefficient (Wildman–Crippen LogP) is 7.63. The Kier molecular flexibility index (Phi) is 9.34. The summed E-state index contributed by atoms with van der Waals surface area (Å²) in [5.74, 6) is 0.645. The number of carbonyl (C=O) groups excluding carboxylic acids is 2. The van der Waals surface area contributed by atoms with Crippen LogP contribution in [0.15, 0.2) is 9.98 Å². The maximum absolute atomic E-state index is 11.5. The van der Waals surface area contributed by atoms with E-state index in [1.807, 2.05) is 6.08 Å². The molecule has 38 heavy (non-hydrogen) atoms. The molecule has 0 spiro atoms. The van der Waals surface area contributed by atoms with Crippen molar-refractivity contribution >= 4 is 12.2 Å². The third-order valence-corrected chi connectivity index (χ3v) is 10.7. The molecule has 0 radical (unpaired) electrons. The van der Waals surface area contributed by atoms with Gasteiger partial charge in [-0.2, -0.15) is 0 Å². The number of nitrogens with zero attached hydrogens (tertiary/aromatic N) is 2. The van der Waals surface area contributed by atoms with Crippen LogP contribution in [0.2, 0.25) is 0 Å². The van der Waals surface area contributed by atoms with E-state index in [1.165, 1.54) is 66.8 Å². The minimum atomic E-state index is -0.159. The van der Waals surface area contributed by atoms with Crippen LogP contribution >= 0.6 is 0 Å². The summed E-state index contributed by atoms with van der Waals surface area (Å²) < 4.78 is 0. The molecule has 3 unspecified atom stereocenters. The van der Waals surface area contributed by atoms with Crippen molar-refractivity contribution in [3.8, 4) is 0 Å². The molecule has 0 amide bonds. The molecule has 0 N–H and O–H groups in total. The standard InChI is InChI=1S/C34H46N2O2/c1-20-22(3)26(7)32(27(8)23(20)4)14-31-13-30(16-35-18-37)11-12-34(31,17-36-19-38)15-33-28(9)24(5)21(2)25(6)29(33)10/h30-31H,11-17H2,1-10H3. The second-order valence-corrected chi connectivity index (χ2v) is 12.1. The molecule has 204 valence electrons. The minimum absolute atomic E-state index is 0.159. The van der Waals surface area contributed by atoms with E-state index in [0.29, 0.717) is 24.9 Å². The third kappa shape index (κ3) is 5.49. The number of rotatable bonds is 8. The molecule has 2 aromatic rings. The fourth-order valence-corrected chi connectivity index (χ4v) is 7.11. The van der Waals surface area contributed by atoms with E-state index in [1.54, 1.807) is 6.08 Å². The van der Waals surface area contributed by atoms with Gasteiger partial charge in [0.2, 0.25) is 12.2 Å². The zero-order valence-corrected chi connectivity index (χ0v) is 25.3. The minimum Gasteiger partial charge on any atom is -0.211 e. The molecule has 0 aliphatic heterocycles. The van der Waals surface area contributed by atoms with Gasteiger partial charge in [-0.25, -0.2) is 19.6 Å². The van der Waals surface area contributed by atoms with E-state index in [0.717, 1.165) is 32.1 Å². The van der Waals surface area contributed by atoms with Crippen molar-refractivity contribution in [3.63, 3.8) is 0 Å². The van der Waals surface area contributed by atoms with Gasteiger partial charge in [-0.05, 0) is 185 Å². The summed E-state index contributed by atoms with van der Waals surface area (Å²) in [6, 6.07) is 0. The van der Waals surface area contributed by atoms with Crippen molar-refractivity contribution in [1.29, 1.82) is 0 Å². The Bertz CT molecular complexity index is 1270. The zero-order chi connectivity index (χ0) is 28.4. The molecular formula is C34H46N2O2. The van der Waals surface area contributed by atoms with Gasteiger partial charge in [0.15, 0.2) is 0 Å². The molecule has 1 saturated carbocycles. The lowest BCUT2D eigenvalue weighted by atomic mass is 9.58. The largest absolute Gasteiger partial charge is 0.234 e. The van der Waals surface area contributed by atoms with E-state index in [4.69, 9.17) is 0 Å². The van der Waals surface area contributed by atoms with Gasteiger partial charge >= 0.3 is 0 Å². The molecule has 0 saturated heterocycles. The summed E-state index contributed by atoms with van der Waals surface area (Å²) in [6.07, 6.45) is 8.35. The van der Waals surface area contributed by atoms with Gasteiger partial charge in [0.05, 0.1) is 13.1 Å². The van der Waals surface area contributed by atoms with Crippen LogP contribution in [-0.2, 0) is 22.4 Å². The number of aliphatic imine (C=N–C) groups is 2. The molecule has 0 bridgehead atoms. The Balaban J connectivity index is 2.20. The van der Waals surface area contributed by atoms with Crippen LogP contribution in [0.5, 0.6) is 0 Å². The topological polar surface area (TPSA) is 58.9 Å². The highest BCUT2D eigenvalue weighted by Crippen LogP contribution is 2.49. The van der Waals surface area contributed by atoms with Crippen LogP contribution in [0.1, 0.15) is 86.0 Å². The first kappa shape index (κ1) is 29.8. The molecule has 4 nitrogen and oxygen atoms in total. The molecule has 3 rings (SSSR count). The van der Waals surface area contributed by atoms with Crippen molar-refractivity contribution in [2.75, 3.05) is 13.1 Å². The maximum Gasteiger partial charge on any atom is 0.234 e. The first-order valence-electron chi connectivity index (χ1n) is 14.1. The Hall–Kier alpha value is -2.80. The first-order chi connectivity index (χ1) is 17.9. The summed E-state index contributed by atoms with van der Waals surface area (Å²) >= 11 is 0. The van der Waals surface area contributed by atoms with Crippen LogP contribution in [-0.4, -0.2) is 25.2 Å². The van der Waals surface area contributed by atoms with Crippen molar-refractivity contribution in [3.05, 3.63) is 66.8 Å². The third-order valence-electron chi connectivity index (χ3n) is 10.7. The zero-order valence-electron chi connectivity index (χ0n) is 25.3. The van der Waals surface area contributed by atoms with Gasteiger partial charge < -0.3 is 0 Å².